The van der Waals surface area contributed by atoms with Crippen LogP contribution in [0.25, 0.3) is 0 Å². The normalized spacial score (nSPS) is 30.4. The number of hydrogen-bond donors (Lipinski definition) is 2. The Labute approximate surface area is 70.2 Å². The van der Waals surface area contributed by atoms with Gasteiger partial charge in [0.05, 0.1) is 11.8 Å². The van der Waals surface area contributed by atoms with Gasteiger partial charge in [-0.3, -0.25) is 9.59 Å². The van der Waals surface area contributed by atoms with E-state index in [-0.39, 0.29) is 5.92 Å². The van der Waals surface area contributed by atoms with Crippen molar-refractivity contribution in [2.45, 2.75) is 19.8 Å². The predicted octanol–water partition coefficient (Wildman–Crippen LogP) is 0.818. The van der Waals surface area contributed by atoms with Crippen molar-refractivity contribution in [3.63, 3.8) is 0 Å². The smallest absolute Gasteiger partial charge is 0.307 e. The standard InChI is InChI=1S/C8H12O4/c1-4-2-5(7(9)10)6(3-4)8(11)12/h4-6H,2-3H2,1H3,(H,9,10)(H,11,12)/t5-,6-/m1/s1. The van der Waals surface area contributed by atoms with Crippen molar-refractivity contribution in [2.75, 3.05) is 0 Å². The summed E-state index contributed by atoms with van der Waals surface area (Å²) >= 11 is 0. The zero-order valence-electron chi connectivity index (χ0n) is 6.86. The van der Waals surface area contributed by atoms with Gasteiger partial charge in [-0.05, 0) is 18.8 Å². The first-order chi connectivity index (χ1) is 5.52. The predicted molar refractivity (Wildman–Crippen MR) is 40.6 cm³/mol. The molecule has 4 heteroatoms. The first kappa shape index (κ1) is 9.03. The van der Waals surface area contributed by atoms with Gasteiger partial charge in [-0.25, -0.2) is 0 Å². The van der Waals surface area contributed by atoms with Gasteiger partial charge in [-0.2, -0.15) is 0 Å². The maximum atomic E-state index is 10.6. The fourth-order valence-corrected chi connectivity index (χ4v) is 1.84. The summed E-state index contributed by atoms with van der Waals surface area (Å²) in [6, 6.07) is 0. The molecule has 0 radical (unpaired) electrons. The fourth-order valence-electron chi connectivity index (χ4n) is 1.84. The SMILES string of the molecule is CC1C[C@@H](C(=O)O)[C@H](C(=O)O)C1. The lowest BCUT2D eigenvalue weighted by Crippen LogP contribution is -2.24. The second-order valence-electron chi connectivity index (χ2n) is 3.47. The Balaban J connectivity index is 2.72. The van der Waals surface area contributed by atoms with Crippen LogP contribution in [0, 0.1) is 17.8 Å². The molecule has 0 amide bonds. The minimum absolute atomic E-state index is 0.215. The zero-order valence-corrected chi connectivity index (χ0v) is 6.86. The average molecular weight is 172 g/mol. The van der Waals surface area contributed by atoms with Crippen molar-refractivity contribution in [1.29, 1.82) is 0 Å². The van der Waals surface area contributed by atoms with Crippen LogP contribution in [0.4, 0.5) is 0 Å². The molecule has 1 aliphatic carbocycles. The fraction of sp³-hybridized carbons (Fsp3) is 0.750. The van der Waals surface area contributed by atoms with Crippen LogP contribution in [-0.2, 0) is 9.59 Å². The molecule has 1 fully saturated rings. The first-order valence-electron chi connectivity index (χ1n) is 3.98. The van der Waals surface area contributed by atoms with Gasteiger partial charge in [0.2, 0.25) is 0 Å². The van der Waals surface area contributed by atoms with Crippen LogP contribution in [-0.4, -0.2) is 22.2 Å². The Kier molecular flexibility index (Phi) is 2.35. The highest BCUT2D eigenvalue weighted by Crippen LogP contribution is 2.36. The summed E-state index contributed by atoms with van der Waals surface area (Å²) in [5, 5.41) is 17.4. The van der Waals surface area contributed by atoms with E-state index in [0.717, 1.165) is 0 Å². The lowest BCUT2D eigenvalue weighted by atomic mass is 9.97. The first-order valence-corrected chi connectivity index (χ1v) is 3.98. The van der Waals surface area contributed by atoms with E-state index in [2.05, 4.69) is 0 Å². The van der Waals surface area contributed by atoms with E-state index in [1.54, 1.807) is 0 Å². The molecule has 0 aromatic rings. The Morgan fingerprint density at radius 2 is 1.42 bits per heavy atom. The molecule has 4 nitrogen and oxygen atoms in total. The van der Waals surface area contributed by atoms with Crippen LogP contribution in [0.2, 0.25) is 0 Å². The van der Waals surface area contributed by atoms with E-state index >= 15 is 0 Å². The van der Waals surface area contributed by atoms with Crippen molar-refractivity contribution in [3.05, 3.63) is 0 Å². The summed E-state index contributed by atoms with van der Waals surface area (Å²) in [4.78, 5) is 21.2. The number of aliphatic carboxylic acids is 2. The lowest BCUT2D eigenvalue weighted by molar-refractivity contribution is -0.152. The van der Waals surface area contributed by atoms with Crippen molar-refractivity contribution < 1.29 is 19.8 Å². The number of carbonyl (C=O) groups is 2. The van der Waals surface area contributed by atoms with Gasteiger partial charge in [0, 0.05) is 0 Å². The van der Waals surface area contributed by atoms with E-state index in [1.165, 1.54) is 0 Å². The van der Waals surface area contributed by atoms with E-state index in [9.17, 15) is 9.59 Å². The summed E-state index contributed by atoms with van der Waals surface area (Å²) in [5.41, 5.74) is 0. The molecule has 2 atom stereocenters. The highest BCUT2D eigenvalue weighted by atomic mass is 16.4. The molecular weight excluding hydrogens is 160 g/mol. The summed E-state index contributed by atoms with van der Waals surface area (Å²) in [5.74, 6) is -3.11. The van der Waals surface area contributed by atoms with Crippen molar-refractivity contribution in [3.8, 4) is 0 Å². The maximum Gasteiger partial charge on any atom is 0.307 e. The molecule has 0 aromatic heterocycles. The quantitative estimate of drug-likeness (QED) is 0.646. The molecule has 0 bridgehead atoms. The van der Waals surface area contributed by atoms with Crippen LogP contribution < -0.4 is 0 Å². The lowest BCUT2D eigenvalue weighted by Gasteiger charge is -2.08. The molecule has 12 heavy (non-hydrogen) atoms. The molecule has 2 N–H and O–H groups in total. The topological polar surface area (TPSA) is 74.6 Å². The van der Waals surface area contributed by atoms with Crippen molar-refractivity contribution in [2.24, 2.45) is 17.8 Å². The van der Waals surface area contributed by atoms with Gasteiger partial charge in [-0.15, -0.1) is 0 Å². The summed E-state index contributed by atoms with van der Waals surface area (Å²) in [6.45, 7) is 1.89. The van der Waals surface area contributed by atoms with Gasteiger partial charge >= 0.3 is 11.9 Å². The monoisotopic (exact) mass is 172 g/mol. The number of hydrogen-bond acceptors (Lipinski definition) is 2. The number of carboxylic acids is 2. The Bertz CT molecular complexity index is 189. The second-order valence-corrected chi connectivity index (χ2v) is 3.47. The van der Waals surface area contributed by atoms with E-state index in [4.69, 9.17) is 10.2 Å². The van der Waals surface area contributed by atoms with Gasteiger partial charge in [0.25, 0.3) is 0 Å². The van der Waals surface area contributed by atoms with E-state index < -0.39 is 23.8 Å². The highest BCUT2D eigenvalue weighted by molar-refractivity contribution is 5.80. The van der Waals surface area contributed by atoms with Gasteiger partial charge in [0.15, 0.2) is 0 Å². The summed E-state index contributed by atoms with van der Waals surface area (Å²) in [7, 11) is 0. The number of rotatable bonds is 2. The van der Waals surface area contributed by atoms with Crippen LogP contribution >= 0.6 is 0 Å². The van der Waals surface area contributed by atoms with Crippen molar-refractivity contribution in [1.82, 2.24) is 0 Å². The minimum atomic E-state index is -0.980. The molecule has 0 spiro atoms. The molecule has 0 saturated heterocycles. The maximum absolute atomic E-state index is 10.6. The third-order valence-electron chi connectivity index (χ3n) is 2.43. The van der Waals surface area contributed by atoms with Crippen LogP contribution in [0.1, 0.15) is 19.8 Å². The number of carboxylic acid groups (broad SMARTS) is 2. The van der Waals surface area contributed by atoms with Gasteiger partial charge in [0.1, 0.15) is 0 Å². The molecule has 1 aliphatic rings. The summed E-state index contributed by atoms with van der Waals surface area (Å²) < 4.78 is 0. The van der Waals surface area contributed by atoms with Crippen LogP contribution in [0.5, 0.6) is 0 Å². The molecule has 0 aliphatic heterocycles. The molecule has 0 aromatic carbocycles. The third-order valence-corrected chi connectivity index (χ3v) is 2.43. The van der Waals surface area contributed by atoms with Gasteiger partial charge in [-0.1, -0.05) is 6.92 Å². The Morgan fingerprint density at radius 1 is 1.08 bits per heavy atom. The van der Waals surface area contributed by atoms with E-state index in [1.807, 2.05) is 6.92 Å². The Morgan fingerprint density at radius 3 is 1.67 bits per heavy atom. The molecular formula is C8H12O4. The van der Waals surface area contributed by atoms with Crippen LogP contribution in [0.3, 0.4) is 0 Å². The van der Waals surface area contributed by atoms with Crippen molar-refractivity contribution >= 4 is 11.9 Å². The molecule has 0 heterocycles. The Hall–Kier alpha value is -1.06. The molecule has 1 saturated carbocycles. The largest absolute Gasteiger partial charge is 0.481 e. The van der Waals surface area contributed by atoms with Gasteiger partial charge < -0.3 is 10.2 Å². The van der Waals surface area contributed by atoms with Crippen LogP contribution in [0.15, 0.2) is 0 Å². The molecule has 0 unspecified atom stereocenters. The highest BCUT2D eigenvalue weighted by Gasteiger charge is 2.41. The zero-order chi connectivity index (χ0) is 9.30. The van der Waals surface area contributed by atoms with E-state index in [0.29, 0.717) is 12.8 Å². The molecule has 68 valence electrons. The summed E-state index contributed by atoms with van der Waals surface area (Å²) in [6.07, 6.45) is 0.985. The minimum Gasteiger partial charge on any atom is -0.481 e. The second kappa shape index (κ2) is 3.13. The third kappa shape index (κ3) is 1.57. The average Bonchev–Trinajstić information content (AvgIpc) is 2.31. The molecule has 1 rings (SSSR count).